The highest BCUT2D eigenvalue weighted by Gasteiger charge is 2.18. The summed E-state index contributed by atoms with van der Waals surface area (Å²) in [4.78, 5) is 16.4. The predicted octanol–water partition coefficient (Wildman–Crippen LogP) is 4.11. The summed E-state index contributed by atoms with van der Waals surface area (Å²) in [5.74, 6) is 0.231. The molecule has 9 nitrogen and oxygen atoms in total. The van der Waals surface area contributed by atoms with Crippen LogP contribution < -0.4 is 14.8 Å². The van der Waals surface area contributed by atoms with Crippen molar-refractivity contribution in [1.29, 1.82) is 5.26 Å². The van der Waals surface area contributed by atoms with E-state index in [4.69, 9.17) is 9.47 Å². The molecule has 1 amide bonds. The van der Waals surface area contributed by atoms with E-state index in [1.807, 2.05) is 37.3 Å². The Balaban J connectivity index is 1.90. The van der Waals surface area contributed by atoms with Crippen LogP contribution >= 0.6 is 11.5 Å². The highest BCUT2D eigenvalue weighted by molar-refractivity contribution is 7.90. The van der Waals surface area contributed by atoms with E-state index in [-0.39, 0.29) is 10.7 Å². The minimum absolute atomic E-state index is 0.0357. The first-order valence-corrected chi connectivity index (χ1v) is 13.3. The molecular formula is C25H24N4O5S2. The number of nitriles is 1. The number of hydrogen-bond acceptors (Lipinski definition) is 9. The maximum Gasteiger partial charge on any atom is 0.268 e. The van der Waals surface area contributed by atoms with E-state index < -0.39 is 20.9 Å². The number of hydrogen-bond donors (Lipinski definition) is 1. The van der Waals surface area contributed by atoms with Crippen molar-refractivity contribution in [3.05, 3.63) is 76.9 Å². The van der Waals surface area contributed by atoms with Crippen LogP contribution in [0.2, 0.25) is 0 Å². The number of carbonyl (C=O) groups is 1. The summed E-state index contributed by atoms with van der Waals surface area (Å²) >= 11 is 0.704. The van der Waals surface area contributed by atoms with Gasteiger partial charge < -0.3 is 9.47 Å². The van der Waals surface area contributed by atoms with Gasteiger partial charge in [-0.2, -0.15) is 14.6 Å². The average molecular weight is 525 g/mol. The number of aromatic nitrogens is 2. The maximum atomic E-state index is 12.6. The molecule has 0 saturated carbocycles. The lowest BCUT2D eigenvalue weighted by molar-refractivity contribution is -0.112. The summed E-state index contributed by atoms with van der Waals surface area (Å²) < 4.78 is 38.5. The number of aryl methyl sites for hydroxylation is 1. The lowest BCUT2D eigenvalue weighted by Gasteiger charge is -2.16. The van der Waals surface area contributed by atoms with Crippen LogP contribution in [0.25, 0.3) is 6.08 Å². The van der Waals surface area contributed by atoms with Crippen LogP contribution in [-0.4, -0.2) is 37.0 Å². The first-order chi connectivity index (χ1) is 17.2. The number of rotatable bonds is 10. The molecule has 0 aliphatic carbocycles. The normalized spacial score (nSPS) is 11.4. The number of methoxy groups -OCH3 is 1. The van der Waals surface area contributed by atoms with Crippen LogP contribution in [0.5, 0.6) is 11.5 Å². The molecule has 0 unspecified atom stereocenters. The third-order valence-electron chi connectivity index (χ3n) is 5.01. The smallest absolute Gasteiger partial charge is 0.268 e. The van der Waals surface area contributed by atoms with Crippen molar-refractivity contribution < 1.29 is 22.7 Å². The van der Waals surface area contributed by atoms with Gasteiger partial charge in [-0.15, -0.1) is 6.58 Å². The van der Waals surface area contributed by atoms with Gasteiger partial charge in [0.2, 0.25) is 15.0 Å². The fourth-order valence-electron chi connectivity index (χ4n) is 3.20. The minimum Gasteiger partial charge on any atom is -0.493 e. The Morgan fingerprint density at radius 2 is 2.03 bits per heavy atom. The van der Waals surface area contributed by atoms with Gasteiger partial charge >= 0.3 is 0 Å². The Bertz CT molecular complexity index is 1470. The van der Waals surface area contributed by atoms with Crippen molar-refractivity contribution in [2.45, 2.75) is 25.1 Å². The highest BCUT2D eigenvalue weighted by Crippen LogP contribution is 2.35. The van der Waals surface area contributed by atoms with Gasteiger partial charge in [0.25, 0.3) is 11.1 Å². The minimum atomic E-state index is -3.62. The first kappa shape index (κ1) is 26.6. The number of ether oxygens (including phenoxy) is 2. The van der Waals surface area contributed by atoms with E-state index >= 15 is 0 Å². The van der Waals surface area contributed by atoms with Crippen molar-refractivity contribution in [2.24, 2.45) is 0 Å². The van der Waals surface area contributed by atoms with Gasteiger partial charge in [-0.3, -0.25) is 10.1 Å². The van der Waals surface area contributed by atoms with Crippen LogP contribution in [0.4, 0.5) is 5.13 Å². The molecule has 0 atom stereocenters. The zero-order chi connectivity index (χ0) is 26.3. The molecule has 0 aliphatic rings. The van der Waals surface area contributed by atoms with Crippen LogP contribution in [0.1, 0.15) is 22.3 Å². The fraction of sp³-hybridized carbons (Fsp3) is 0.200. The number of benzene rings is 2. The molecule has 186 valence electrons. The van der Waals surface area contributed by atoms with E-state index in [9.17, 15) is 18.5 Å². The highest BCUT2D eigenvalue weighted by atomic mass is 32.2. The van der Waals surface area contributed by atoms with Gasteiger partial charge in [0.05, 0.1) is 7.11 Å². The Hall–Kier alpha value is -4.01. The molecular weight excluding hydrogens is 500 g/mol. The lowest BCUT2D eigenvalue weighted by atomic mass is 10.0. The Morgan fingerprint density at radius 3 is 2.64 bits per heavy atom. The molecule has 1 N–H and O–H groups in total. The van der Waals surface area contributed by atoms with Gasteiger partial charge in [0.15, 0.2) is 11.5 Å². The molecule has 1 heterocycles. The van der Waals surface area contributed by atoms with E-state index in [2.05, 4.69) is 21.3 Å². The van der Waals surface area contributed by atoms with E-state index in [1.165, 1.54) is 13.2 Å². The standard InChI is InChI=1S/C25H24N4O5S2/c1-5-8-18-11-17(13-21(33-3)22(18)34-15-19-10-7-6-9-16(19)2)12-20(14-26)23(30)27-24-28-25(29-35-24)36(4,31)32/h5-7,9-13H,1,8,15H2,2-4H3,(H,27,28,29,30)/b20-12-. The zero-order valence-corrected chi connectivity index (χ0v) is 21.6. The average Bonchev–Trinajstić information content (AvgIpc) is 3.31. The zero-order valence-electron chi connectivity index (χ0n) is 19.9. The molecule has 0 fully saturated rings. The Labute approximate surface area is 213 Å². The second-order valence-electron chi connectivity index (χ2n) is 7.70. The van der Waals surface area contributed by atoms with Crippen molar-refractivity contribution in [3.63, 3.8) is 0 Å². The monoisotopic (exact) mass is 524 g/mol. The molecule has 0 bridgehead atoms. The molecule has 2 aromatic carbocycles. The van der Waals surface area contributed by atoms with E-state index in [1.54, 1.807) is 18.2 Å². The molecule has 3 rings (SSSR count). The largest absolute Gasteiger partial charge is 0.493 e. The van der Waals surface area contributed by atoms with Gasteiger partial charge in [-0.1, -0.05) is 30.3 Å². The van der Waals surface area contributed by atoms with Crippen molar-refractivity contribution >= 4 is 38.5 Å². The maximum absolute atomic E-state index is 12.6. The summed E-state index contributed by atoms with van der Waals surface area (Å²) in [7, 11) is -2.11. The molecule has 11 heteroatoms. The summed E-state index contributed by atoms with van der Waals surface area (Å²) in [5, 5.41) is 11.6. The predicted molar refractivity (Wildman–Crippen MR) is 138 cm³/mol. The number of nitrogens with one attached hydrogen (secondary N) is 1. The lowest BCUT2D eigenvalue weighted by Crippen LogP contribution is -2.13. The molecule has 3 aromatic rings. The second kappa shape index (κ2) is 11.6. The quantitative estimate of drug-likeness (QED) is 0.238. The van der Waals surface area contributed by atoms with Crippen LogP contribution in [-0.2, 0) is 27.7 Å². The molecule has 0 aliphatic heterocycles. The second-order valence-corrected chi connectivity index (χ2v) is 10.4. The third-order valence-corrected chi connectivity index (χ3v) is 6.60. The molecule has 0 saturated heterocycles. The van der Waals surface area contributed by atoms with Crippen LogP contribution in [0.15, 0.2) is 59.8 Å². The third kappa shape index (κ3) is 6.56. The number of anilines is 1. The van der Waals surface area contributed by atoms with Gasteiger partial charge in [0.1, 0.15) is 18.2 Å². The molecule has 36 heavy (non-hydrogen) atoms. The van der Waals surface area contributed by atoms with Crippen LogP contribution in [0.3, 0.4) is 0 Å². The number of allylic oxidation sites excluding steroid dienone is 1. The summed E-state index contributed by atoms with van der Waals surface area (Å²) in [5.41, 5.74) is 3.22. The van der Waals surface area contributed by atoms with Gasteiger partial charge in [-0.05, 0) is 48.2 Å². The number of sulfone groups is 1. The van der Waals surface area contributed by atoms with Gasteiger partial charge in [0, 0.05) is 23.4 Å². The van der Waals surface area contributed by atoms with E-state index in [0.29, 0.717) is 41.6 Å². The first-order valence-electron chi connectivity index (χ1n) is 10.6. The molecule has 0 radical (unpaired) electrons. The number of carbonyl (C=O) groups excluding carboxylic acids is 1. The molecule has 1 aromatic heterocycles. The van der Waals surface area contributed by atoms with Gasteiger partial charge in [-0.25, -0.2) is 8.42 Å². The van der Waals surface area contributed by atoms with Crippen molar-refractivity contribution in [1.82, 2.24) is 9.36 Å². The fourth-order valence-corrected chi connectivity index (χ4v) is 4.64. The SMILES string of the molecule is C=CCc1cc(/C=C(/C#N)C(=O)Nc2nc(S(C)(=O)=O)ns2)cc(OC)c1OCc1ccccc1C. The topological polar surface area (TPSA) is 131 Å². The van der Waals surface area contributed by atoms with Crippen molar-refractivity contribution in [2.75, 3.05) is 18.7 Å². The Morgan fingerprint density at radius 1 is 1.28 bits per heavy atom. The Kier molecular flexibility index (Phi) is 8.58. The van der Waals surface area contributed by atoms with Crippen molar-refractivity contribution in [3.8, 4) is 17.6 Å². The summed E-state index contributed by atoms with van der Waals surface area (Å²) in [6.45, 7) is 6.15. The number of amides is 1. The summed E-state index contributed by atoms with van der Waals surface area (Å²) in [6, 6.07) is 13.2. The van der Waals surface area contributed by atoms with Crippen LogP contribution in [0, 0.1) is 18.3 Å². The summed E-state index contributed by atoms with van der Waals surface area (Å²) in [6.07, 6.45) is 4.54. The number of nitrogens with zero attached hydrogens (tertiary/aromatic N) is 3. The van der Waals surface area contributed by atoms with E-state index in [0.717, 1.165) is 22.9 Å². The molecule has 0 spiro atoms.